The molecule has 0 radical (unpaired) electrons. The Balaban J connectivity index is 1.01. The lowest BCUT2D eigenvalue weighted by atomic mass is 10.0. The topological polar surface area (TPSA) is 77.8 Å². The van der Waals surface area contributed by atoms with Gasteiger partial charge in [-0.3, -0.25) is 0 Å². The first kappa shape index (κ1) is 29.7. The summed E-state index contributed by atoms with van der Waals surface area (Å²) in [5.74, 6) is 2.43. The van der Waals surface area contributed by atoms with Crippen LogP contribution in [0, 0.1) is 0 Å². The van der Waals surface area contributed by atoms with Gasteiger partial charge in [-0.25, -0.2) is 19.9 Å². The van der Waals surface area contributed by atoms with Gasteiger partial charge in [-0.1, -0.05) is 115 Å². The Hall–Kier alpha value is -6.96. The maximum absolute atomic E-state index is 6.32. The first-order valence-electron chi connectivity index (χ1n) is 17.4. The van der Waals surface area contributed by atoms with Gasteiger partial charge >= 0.3 is 0 Å². The Bertz CT molecular complexity index is 3160. The molecule has 11 aromatic rings. The van der Waals surface area contributed by atoms with Gasteiger partial charge in [0.05, 0.1) is 0 Å². The van der Waals surface area contributed by atoms with Gasteiger partial charge in [0, 0.05) is 59.3 Å². The predicted octanol–water partition coefficient (Wildman–Crippen LogP) is 12.6. The highest BCUT2D eigenvalue weighted by molar-refractivity contribution is 7.25. The number of aromatic nitrogens is 4. The molecule has 0 aliphatic heterocycles. The summed E-state index contributed by atoms with van der Waals surface area (Å²) < 4.78 is 14.8. The minimum Gasteiger partial charge on any atom is -0.456 e. The first-order chi connectivity index (χ1) is 26.2. The molecule has 7 aromatic carbocycles. The molecular weight excluding hydrogens is 673 g/mol. The van der Waals surface area contributed by atoms with E-state index in [2.05, 4.69) is 91.0 Å². The van der Waals surface area contributed by atoms with Crippen molar-refractivity contribution in [1.82, 2.24) is 19.9 Å². The smallest absolute Gasteiger partial charge is 0.227 e. The zero-order chi connectivity index (χ0) is 34.9. The van der Waals surface area contributed by atoms with Crippen molar-refractivity contribution in [2.75, 3.05) is 0 Å². The van der Waals surface area contributed by atoms with Crippen LogP contribution >= 0.6 is 11.3 Å². The van der Waals surface area contributed by atoms with Gasteiger partial charge in [0.1, 0.15) is 16.7 Å². The van der Waals surface area contributed by atoms with Gasteiger partial charge in [-0.15, -0.1) is 11.3 Å². The van der Waals surface area contributed by atoms with Crippen LogP contribution in [0.3, 0.4) is 0 Å². The van der Waals surface area contributed by atoms with Crippen molar-refractivity contribution in [2.24, 2.45) is 0 Å². The number of nitrogens with zero attached hydrogens (tertiary/aromatic N) is 4. The molecule has 4 heterocycles. The summed E-state index contributed by atoms with van der Waals surface area (Å²) in [7, 11) is 0. The Morgan fingerprint density at radius 3 is 1.85 bits per heavy atom. The molecule has 0 bridgehead atoms. The molecule has 0 saturated carbocycles. The van der Waals surface area contributed by atoms with Crippen molar-refractivity contribution < 1.29 is 8.83 Å². The van der Waals surface area contributed by atoms with E-state index in [-0.39, 0.29) is 0 Å². The second kappa shape index (κ2) is 11.8. The lowest BCUT2D eigenvalue weighted by molar-refractivity contribution is 0.620. The Morgan fingerprint density at radius 2 is 1.02 bits per heavy atom. The van der Waals surface area contributed by atoms with Gasteiger partial charge in [0.25, 0.3) is 0 Å². The van der Waals surface area contributed by atoms with E-state index in [1.807, 2.05) is 66.7 Å². The molecule has 0 aliphatic rings. The molecule has 6 nitrogen and oxygen atoms in total. The molecule has 0 saturated heterocycles. The highest BCUT2D eigenvalue weighted by Crippen LogP contribution is 2.40. The van der Waals surface area contributed by atoms with Gasteiger partial charge in [0.15, 0.2) is 23.1 Å². The fraction of sp³-hybridized carbons (Fsp3) is 0. The standard InChI is InChI=1S/C46H26N4O2S/c1-3-10-27(11-4-1)28-18-20-30(21-19-28)46-47-36-25-35-32-23-22-31(24-40(32)53-41(35)26-39(36)52-46)44-48-43(29-12-5-2-6-13-29)49-45(50-44)34-15-9-17-38-42(34)33-14-7-8-16-37(33)51-38/h1-26H. The average molecular weight is 699 g/mol. The van der Waals surface area contributed by atoms with Gasteiger partial charge < -0.3 is 8.83 Å². The quantitative estimate of drug-likeness (QED) is 0.178. The maximum atomic E-state index is 6.32. The zero-order valence-electron chi connectivity index (χ0n) is 28.0. The van der Waals surface area contributed by atoms with E-state index in [0.29, 0.717) is 23.4 Å². The van der Waals surface area contributed by atoms with Crippen molar-refractivity contribution >= 4 is 64.5 Å². The minimum absolute atomic E-state index is 0.597. The molecule has 0 unspecified atom stereocenters. The van der Waals surface area contributed by atoms with E-state index >= 15 is 0 Å². The second-order valence-corrected chi connectivity index (χ2v) is 14.1. The molecule has 7 heteroatoms. The third kappa shape index (κ3) is 5.01. The van der Waals surface area contributed by atoms with Crippen molar-refractivity contribution in [3.05, 3.63) is 158 Å². The van der Waals surface area contributed by atoms with Crippen LogP contribution in [0.25, 0.3) is 110 Å². The molecule has 53 heavy (non-hydrogen) atoms. The third-order valence-electron chi connectivity index (χ3n) is 9.79. The summed E-state index contributed by atoms with van der Waals surface area (Å²) in [4.78, 5) is 20.1. The molecule has 0 spiro atoms. The highest BCUT2D eigenvalue weighted by atomic mass is 32.1. The summed E-state index contributed by atoms with van der Waals surface area (Å²) in [5.41, 5.74) is 9.25. The van der Waals surface area contributed by atoms with Gasteiger partial charge in [-0.05, 0) is 47.5 Å². The van der Waals surface area contributed by atoms with E-state index in [1.165, 1.54) is 5.56 Å². The van der Waals surface area contributed by atoms with Crippen molar-refractivity contribution in [2.45, 2.75) is 0 Å². The average Bonchev–Trinajstić information content (AvgIpc) is 3.93. The number of hydrogen-bond acceptors (Lipinski definition) is 7. The Morgan fingerprint density at radius 1 is 0.377 bits per heavy atom. The van der Waals surface area contributed by atoms with Crippen molar-refractivity contribution in [3.63, 3.8) is 0 Å². The number of para-hydroxylation sites is 1. The second-order valence-electron chi connectivity index (χ2n) is 13.0. The summed E-state index contributed by atoms with van der Waals surface area (Å²) in [5, 5.41) is 4.31. The van der Waals surface area contributed by atoms with Crippen LogP contribution in [0.2, 0.25) is 0 Å². The number of oxazole rings is 1. The van der Waals surface area contributed by atoms with Crippen molar-refractivity contribution in [1.29, 1.82) is 0 Å². The summed E-state index contributed by atoms with van der Waals surface area (Å²) in [6, 6.07) is 53.6. The molecular formula is C46H26N4O2S. The molecule has 0 atom stereocenters. The van der Waals surface area contributed by atoms with E-state index in [0.717, 1.165) is 81.0 Å². The number of thiophene rings is 1. The number of rotatable bonds is 5. The fourth-order valence-corrected chi connectivity index (χ4v) is 8.35. The van der Waals surface area contributed by atoms with Crippen LogP contribution in [-0.2, 0) is 0 Å². The molecule has 248 valence electrons. The van der Waals surface area contributed by atoms with Crippen LogP contribution in [-0.4, -0.2) is 19.9 Å². The Labute approximate surface area is 306 Å². The summed E-state index contributed by atoms with van der Waals surface area (Å²) in [6.45, 7) is 0. The molecule has 0 aliphatic carbocycles. The van der Waals surface area contributed by atoms with Crippen LogP contribution in [0.4, 0.5) is 0 Å². The van der Waals surface area contributed by atoms with Crippen LogP contribution in [0.5, 0.6) is 0 Å². The molecule has 11 rings (SSSR count). The summed E-state index contributed by atoms with van der Waals surface area (Å²) in [6.07, 6.45) is 0. The van der Waals surface area contributed by atoms with Crippen LogP contribution < -0.4 is 0 Å². The largest absolute Gasteiger partial charge is 0.456 e. The van der Waals surface area contributed by atoms with Crippen molar-refractivity contribution in [3.8, 4) is 56.7 Å². The predicted molar refractivity (Wildman–Crippen MR) is 215 cm³/mol. The number of fused-ring (bicyclic) bond motifs is 7. The van der Waals surface area contributed by atoms with Crippen LogP contribution in [0.1, 0.15) is 0 Å². The highest BCUT2D eigenvalue weighted by Gasteiger charge is 2.19. The fourth-order valence-electron chi connectivity index (χ4n) is 7.20. The maximum Gasteiger partial charge on any atom is 0.227 e. The molecule has 4 aromatic heterocycles. The SMILES string of the molecule is c1ccc(-c2ccc(-c3nc4cc5c(cc4o3)sc3cc(-c4nc(-c6ccccc6)nc(-c6cccc7oc8ccccc8c67)n4)ccc35)cc2)cc1. The lowest BCUT2D eigenvalue weighted by Gasteiger charge is -2.09. The van der Waals surface area contributed by atoms with Gasteiger partial charge in [-0.2, -0.15) is 0 Å². The van der Waals surface area contributed by atoms with E-state index in [1.54, 1.807) is 11.3 Å². The number of hydrogen-bond donors (Lipinski definition) is 0. The minimum atomic E-state index is 0.597. The zero-order valence-corrected chi connectivity index (χ0v) is 28.8. The number of furan rings is 1. The lowest BCUT2D eigenvalue weighted by Crippen LogP contribution is -2.00. The Kier molecular flexibility index (Phi) is 6.62. The van der Waals surface area contributed by atoms with E-state index < -0.39 is 0 Å². The summed E-state index contributed by atoms with van der Waals surface area (Å²) >= 11 is 1.72. The third-order valence-corrected chi connectivity index (χ3v) is 10.9. The molecule has 0 N–H and O–H groups in total. The van der Waals surface area contributed by atoms with E-state index in [4.69, 9.17) is 28.8 Å². The van der Waals surface area contributed by atoms with Crippen LogP contribution in [0.15, 0.2) is 167 Å². The normalized spacial score (nSPS) is 11.8. The molecule has 0 fully saturated rings. The number of benzene rings is 7. The first-order valence-corrected chi connectivity index (χ1v) is 18.2. The molecule has 0 amide bonds. The monoisotopic (exact) mass is 698 g/mol. The van der Waals surface area contributed by atoms with Gasteiger partial charge in [0.2, 0.25) is 5.89 Å². The van der Waals surface area contributed by atoms with E-state index in [9.17, 15) is 0 Å².